The third-order valence-corrected chi connectivity index (χ3v) is 6.00. The van der Waals surface area contributed by atoms with Crippen molar-refractivity contribution in [2.45, 2.75) is 32.0 Å². The molecule has 0 aliphatic carbocycles. The molecule has 0 amide bonds. The molecule has 1 fully saturated rings. The van der Waals surface area contributed by atoms with Crippen LogP contribution in [0.1, 0.15) is 18.5 Å². The van der Waals surface area contributed by atoms with Crippen molar-refractivity contribution in [3.63, 3.8) is 0 Å². The Kier molecular flexibility index (Phi) is 4.50. The predicted octanol–water partition coefficient (Wildman–Crippen LogP) is 2.68. The predicted molar refractivity (Wildman–Crippen MR) is 108 cm³/mol. The van der Waals surface area contributed by atoms with Gasteiger partial charge in [-0.1, -0.05) is 0 Å². The summed E-state index contributed by atoms with van der Waals surface area (Å²) < 4.78 is 3.67. The molecular formula is C20H20N6OS. The zero-order valence-electron chi connectivity index (χ0n) is 15.3. The van der Waals surface area contributed by atoms with Crippen LogP contribution in [0.2, 0.25) is 0 Å². The van der Waals surface area contributed by atoms with Gasteiger partial charge in [0.2, 0.25) is 0 Å². The SMILES string of the molecule is O=c1ccc(-c2ccncc2)nn1CC1CCCN1Cc1cn2ccsc2n1. The van der Waals surface area contributed by atoms with Crippen molar-refractivity contribution < 1.29 is 0 Å². The van der Waals surface area contributed by atoms with Gasteiger partial charge in [-0.2, -0.15) is 5.10 Å². The fraction of sp³-hybridized carbons (Fsp3) is 0.300. The van der Waals surface area contributed by atoms with E-state index in [-0.39, 0.29) is 11.6 Å². The molecule has 8 heteroatoms. The number of likely N-dealkylation sites (tertiary alicyclic amines) is 1. The monoisotopic (exact) mass is 392 g/mol. The Bertz CT molecular complexity index is 1120. The molecule has 0 radical (unpaired) electrons. The zero-order valence-corrected chi connectivity index (χ0v) is 16.1. The van der Waals surface area contributed by atoms with Gasteiger partial charge in [-0.3, -0.25) is 19.1 Å². The van der Waals surface area contributed by atoms with Gasteiger partial charge in [-0.15, -0.1) is 11.3 Å². The van der Waals surface area contributed by atoms with Crippen molar-refractivity contribution in [3.8, 4) is 11.3 Å². The van der Waals surface area contributed by atoms with Crippen molar-refractivity contribution in [2.24, 2.45) is 0 Å². The maximum Gasteiger partial charge on any atom is 0.266 e. The molecular weight excluding hydrogens is 372 g/mol. The minimum absolute atomic E-state index is 0.0628. The summed E-state index contributed by atoms with van der Waals surface area (Å²) in [6.45, 7) is 2.42. The highest BCUT2D eigenvalue weighted by molar-refractivity contribution is 7.15. The van der Waals surface area contributed by atoms with Crippen LogP contribution in [0.5, 0.6) is 0 Å². The number of fused-ring (bicyclic) bond motifs is 1. The lowest BCUT2D eigenvalue weighted by atomic mass is 10.2. The highest BCUT2D eigenvalue weighted by Crippen LogP contribution is 2.22. The van der Waals surface area contributed by atoms with Crippen LogP contribution >= 0.6 is 11.3 Å². The maximum atomic E-state index is 12.4. The van der Waals surface area contributed by atoms with Crippen LogP contribution in [-0.2, 0) is 13.1 Å². The normalized spacial score (nSPS) is 17.5. The molecule has 1 atom stereocenters. The summed E-state index contributed by atoms with van der Waals surface area (Å²) in [4.78, 5) is 24.6. The van der Waals surface area contributed by atoms with Crippen molar-refractivity contribution in [1.82, 2.24) is 29.0 Å². The van der Waals surface area contributed by atoms with Gasteiger partial charge in [-0.25, -0.2) is 9.67 Å². The zero-order chi connectivity index (χ0) is 18.9. The van der Waals surface area contributed by atoms with E-state index in [1.807, 2.05) is 23.7 Å². The number of thiazole rings is 1. The number of imidazole rings is 1. The lowest BCUT2D eigenvalue weighted by Crippen LogP contribution is -2.36. The Balaban J connectivity index is 1.36. The van der Waals surface area contributed by atoms with E-state index in [1.54, 1.807) is 40.5 Å². The fourth-order valence-electron chi connectivity index (χ4n) is 3.83. The van der Waals surface area contributed by atoms with E-state index in [1.165, 1.54) is 0 Å². The van der Waals surface area contributed by atoms with Crippen LogP contribution < -0.4 is 5.56 Å². The molecule has 0 saturated carbocycles. The van der Waals surface area contributed by atoms with Crippen LogP contribution in [0.3, 0.4) is 0 Å². The molecule has 7 nitrogen and oxygen atoms in total. The summed E-state index contributed by atoms with van der Waals surface area (Å²) in [7, 11) is 0. The lowest BCUT2D eigenvalue weighted by Gasteiger charge is -2.23. The van der Waals surface area contributed by atoms with Gasteiger partial charge in [0.05, 0.1) is 17.9 Å². The Hall–Kier alpha value is -2.84. The van der Waals surface area contributed by atoms with E-state index < -0.39 is 0 Å². The molecule has 142 valence electrons. The molecule has 1 aliphatic heterocycles. The standard InChI is InChI=1S/C20H20N6OS/c27-19-4-3-18(15-5-7-21-8-6-15)23-26(19)14-17-2-1-9-24(17)12-16-13-25-10-11-28-20(25)22-16/h3-8,10-11,13,17H,1-2,9,12,14H2. The van der Waals surface area contributed by atoms with Crippen LogP contribution in [0, 0.1) is 0 Å². The smallest absolute Gasteiger partial charge is 0.266 e. The quantitative estimate of drug-likeness (QED) is 0.522. The molecule has 4 aromatic heterocycles. The molecule has 4 aromatic rings. The summed E-state index contributed by atoms with van der Waals surface area (Å²) in [5, 5.41) is 6.65. The van der Waals surface area contributed by atoms with Gasteiger partial charge < -0.3 is 0 Å². The van der Waals surface area contributed by atoms with E-state index in [0.717, 1.165) is 47.8 Å². The third-order valence-electron chi connectivity index (χ3n) is 5.23. The maximum absolute atomic E-state index is 12.4. The van der Waals surface area contributed by atoms with E-state index in [4.69, 9.17) is 4.98 Å². The minimum atomic E-state index is -0.0628. The highest BCUT2D eigenvalue weighted by atomic mass is 32.1. The van der Waals surface area contributed by atoms with Crippen molar-refractivity contribution in [1.29, 1.82) is 0 Å². The average Bonchev–Trinajstić information content (AvgIpc) is 3.42. The Morgan fingerprint density at radius 2 is 2.07 bits per heavy atom. The molecule has 0 spiro atoms. The largest absolute Gasteiger partial charge is 0.297 e. The first-order chi connectivity index (χ1) is 13.8. The molecule has 0 N–H and O–H groups in total. The van der Waals surface area contributed by atoms with Gasteiger partial charge >= 0.3 is 0 Å². The van der Waals surface area contributed by atoms with E-state index >= 15 is 0 Å². The number of aromatic nitrogens is 5. The first-order valence-corrected chi connectivity index (χ1v) is 10.3. The minimum Gasteiger partial charge on any atom is -0.297 e. The van der Waals surface area contributed by atoms with Crippen LogP contribution in [0.25, 0.3) is 16.2 Å². The van der Waals surface area contributed by atoms with Crippen LogP contribution in [0.4, 0.5) is 0 Å². The molecule has 1 saturated heterocycles. The van der Waals surface area contributed by atoms with Crippen molar-refractivity contribution >= 4 is 16.3 Å². The van der Waals surface area contributed by atoms with Gasteiger partial charge in [0, 0.05) is 54.4 Å². The fourth-order valence-corrected chi connectivity index (χ4v) is 4.55. The summed E-state index contributed by atoms with van der Waals surface area (Å²) in [6, 6.07) is 7.48. The summed E-state index contributed by atoms with van der Waals surface area (Å²) in [5.41, 5.74) is 2.77. The number of hydrogen-bond acceptors (Lipinski definition) is 6. The van der Waals surface area contributed by atoms with Gasteiger partial charge in [0.15, 0.2) is 4.96 Å². The van der Waals surface area contributed by atoms with Gasteiger partial charge in [-0.05, 0) is 37.6 Å². The average molecular weight is 392 g/mol. The number of pyridine rings is 1. The molecule has 1 aliphatic rings. The van der Waals surface area contributed by atoms with E-state index in [0.29, 0.717) is 6.54 Å². The second-order valence-corrected chi connectivity index (χ2v) is 7.94. The number of hydrogen-bond donors (Lipinski definition) is 0. The molecule has 28 heavy (non-hydrogen) atoms. The molecule has 5 heterocycles. The second kappa shape index (κ2) is 7.29. The molecule has 1 unspecified atom stereocenters. The van der Waals surface area contributed by atoms with E-state index in [9.17, 15) is 4.79 Å². The Morgan fingerprint density at radius 3 is 2.93 bits per heavy atom. The summed E-state index contributed by atoms with van der Waals surface area (Å²) in [6.07, 6.45) is 9.80. The number of nitrogens with zero attached hydrogens (tertiary/aromatic N) is 6. The molecule has 0 bridgehead atoms. The van der Waals surface area contributed by atoms with Crippen LogP contribution in [0.15, 0.2) is 59.2 Å². The Labute approximate surface area is 165 Å². The number of rotatable bonds is 5. The van der Waals surface area contributed by atoms with E-state index in [2.05, 4.69) is 25.6 Å². The first kappa shape index (κ1) is 17.3. The molecule has 5 rings (SSSR count). The summed E-state index contributed by atoms with van der Waals surface area (Å²) in [5.74, 6) is 0. The lowest BCUT2D eigenvalue weighted by molar-refractivity contribution is 0.215. The Morgan fingerprint density at radius 1 is 1.18 bits per heavy atom. The molecule has 0 aromatic carbocycles. The van der Waals surface area contributed by atoms with Crippen molar-refractivity contribution in [3.05, 3.63) is 70.5 Å². The third kappa shape index (κ3) is 3.36. The topological polar surface area (TPSA) is 68.3 Å². The van der Waals surface area contributed by atoms with Gasteiger partial charge in [0.1, 0.15) is 0 Å². The van der Waals surface area contributed by atoms with Crippen molar-refractivity contribution in [2.75, 3.05) is 6.54 Å². The highest BCUT2D eigenvalue weighted by Gasteiger charge is 2.26. The first-order valence-electron chi connectivity index (χ1n) is 9.40. The second-order valence-electron chi connectivity index (χ2n) is 7.07. The van der Waals surface area contributed by atoms with Crippen LogP contribution in [-0.4, -0.2) is 41.6 Å². The summed E-state index contributed by atoms with van der Waals surface area (Å²) >= 11 is 1.64. The van der Waals surface area contributed by atoms with Gasteiger partial charge in [0.25, 0.3) is 5.56 Å².